The second-order valence-electron chi connectivity index (χ2n) is 3.94. The van der Waals surface area contributed by atoms with E-state index in [0.29, 0.717) is 21.7 Å². The molecule has 0 saturated heterocycles. The molecule has 2 N–H and O–H groups in total. The Labute approximate surface area is 121 Å². The average molecular weight is 307 g/mol. The van der Waals surface area contributed by atoms with Gasteiger partial charge in [-0.1, -0.05) is 17.7 Å². The van der Waals surface area contributed by atoms with Crippen molar-refractivity contribution in [3.63, 3.8) is 0 Å². The number of benzene rings is 1. The lowest BCUT2D eigenvalue weighted by Gasteiger charge is -2.07. The highest BCUT2D eigenvalue weighted by Gasteiger charge is 2.14. The lowest BCUT2D eigenvalue weighted by Crippen LogP contribution is -2.18. The van der Waals surface area contributed by atoms with Crippen LogP contribution in [0.4, 0.5) is 5.69 Å². The molecule has 0 saturated carbocycles. The molecule has 0 aliphatic heterocycles. The smallest absolute Gasteiger partial charge is 0.272 e. The van der Waals surface area contributed by atoms with Gasteiger partial charge in [-0.15, -0.1) is 0 Å². The van der Waals surface area contributed by atoms with Gasteiger partial charge in [0.1, 0.15) is 16.7 Å². The molecular formula is C12H7ClN4O2S. The number of hydrogen-bond donors (Lipinski definition) is 2. The number of amides is 1. The molecule has 0 spiro atoms. The van der Waals surface area contributed by atoms with Gasteiger partial charge >= 0.3 is 0 Å². The Hall–Kier alpha value is -2.25. The normalized spacial score (nSPS) is 10.7. The minimum absolute atomic E-state index is 0.147. The van der Waals surface area contributed by atoms with Crippen LogP contribution in [0, 0.1) is 0 Å². The molecule has 3 aromatic rings. The number of carbonyl (C=O) groups excluding carboxylic acids is 1. The van der Waals surface area contributed by atoms with E-state index in [-0.39, 0.29) is 11.3 Å². The predicted octanol–water partition coefficient (Wildman–Crippen LogP) is 2.29. The number of H-pyrrole nitrogens is 1. The molecule has 0 fully saturated rings. The van der Waals surface area contributed by atoms with Gasteiger partial charge in [0.05, 0.1) is 22.4 Å². The van der Waals surface area contributed by atoms with Crippen LogP contribution in [0.25, 0.3) is 11.0 Å². The molecule has 0 unspecified atom stereocenters. The van der Waals surface area contributed by atoms with E-state index in [4.69, 9.17) is 11.6 Å². The summed E-state index contributed by atoms with van der Waals surface area (Å²) in [5, 5.41) is 3.00. The summed E-state index contributed by atoms with van der Waals surface area (Å²) in [7, 11) is 0. The zero-order chi connectivity index (χ0) is 14.1. The number of pyridine rings is 1. The van der Waals surface area contributed by atoms with Crippen LogP contribution in [0.1, 0.15) is 10.5 Å². The van der Waals surface area contributed by atoms with Crippen molar-refractivity contribution in [1.82, 2.24) is 13.7 Å². The number of nitrogens with one attached hydrogen (secondary N) is 2. The highest BCUT2D eigenvalue weighted by Crippen LogP contribution is 2.30. The van der Waals surface area contributed by atoms with Crippen molar-refractivity contribution in [3.05, 3.63) is 51.4 Å². The van der Waals surface area contributed by atoms with Crippen LogP contribution in [0.15, 0.2) is 35.1 Å². The van der Waals surface area contributed by atoms with Crippen molar-refractivity contribution in [2.45, 2.75) is 0 Å². The van der Waals surface area contributed by atoms with Crippen molar-refractivity contribution >= 4 is 46.0 Å². The topological polar surface area (TPSA) is 87.7 Å². The number of halogens is 1. The molecule has 0 aliphatic carbocycles. The molecule has 0 aliphatic rings. The number of nitrogens with zero attached hydrogens (tertiary/aromatic N) is 2. The highest BCUT2D eigenvalue weighted by molar-refractivity contribution is 7.00. The largest absolute Gasteiger partial charge is 0.318 e. The number of fused-ring (bicyclic) bond motifs is 1. The van der Waals surface area contributed by atoms with Crippen molar-refractivity contribution in [2.75, 3.05) is 5.32 Å². The summed E-state index contributed by atoms with van der Waals surface area (Å²) in [6, 6.07) is 7.69. The molecule has 0 bridgehead atoms. The molecule has 3 rings (SSSR count). The zero-order valence-electron chi connectivity index (χ0n) is 9.88. The first kappa shape index (κ1) is 12.8. The summed E-state index contributed by atoms with van der Waals surface area (Å²) in [5.74, 6) is -0.467. The van der Waals surface area contributed by atoms with Crippen molar-refractivity contribution < 1.29 is 4.79 Å². The van der Waals surface area contributed by atoms with E-state index >= 15 is 0 Å². The van der Waals surface area contributed by atoms with Crippen LogP contribution < -0.4 is 10.9 Å². The van der Waals surface area contributed by atoms with Crippen LogP contribution in [-0.4, -0.2) is 19.6 Å². The SMILES string of the molecule is O=C(Nc1c(Cl)ccc2nsnc12)c1cccc(=O)[nH]1. The van der Waals surface area contributed by atoms with Gasteiger partial charge in [-0.25, -0.2) is 0 Å². The Kier molecular flexibility index (Phi) is 3.21. The maximum atomic E-state index is 12.1. The fraction of sp³-hybridized carbons (Fsp3) is 0. The van der Waals surface area contributed by atoms with Crippen LogP contribution in [-0.2, 0) is 0 Å². The molecule has 1 amide bonds. The van der Waals surface area contributed by atoms with Crippen molar-refractivity contribution in [3.8, 4) is 0 Å². The van der Waals surface area contributed by atoms with Gasteiger partial charge in [0, 0.05) is 6.07 Å². The third kappa shape index (κ3) is 2.28. The molecule has 1 aromatic carbocycles. The lowest BCUT2D eigenvalue weighted by molar-refractivity contribution is 0.102. The Morgan fingerprint density at radius 1 is 1.25 bits per heavy atom. The number of aromatic amines is 1. The van der Waals surface area contributed by atoms with E-state index in [1.54, 1.807) is 12.1 Å². The minimum atomic E-state index is -0.467. The van der Waals surface area contributed by atoms with Gasteiger partial charge in [-0.05, 0) is 18.2 Å². The monoisotopic (exact) mass is 306 g/mol. The molecular weight excluding hydrogens is 300 g/mol. The minimum Gasteiger partial charge on any atom is -0.318 e. The summed E-state index contributed by atoms with van der Waals surface area (Å²) in [4.78, 5) is 25.7. The quantitative estimate of drug-likeness (QED) is 0.760. The number of hydrogen-bond acceptors (Lipinski definition) is 5. The van der Waals surface area contributed by atoms with Gasteiger partial charge in [0.25, 0.3) is 5.91 Å². The molecule has 6 nitrogen and oxygen atoms in total. The summed E-state index contributed by atoms with van der Waals surface area (Å²) in [6.45, 7) is 0. The molecule has 2 aromatic heterocycles. The zero-order valence-corrected chi connectivity index (χ0v) is 11.5. The maximum absolute atomic E-state index is 12.1. The first-order valence-electron chi connectivity index (χ1n) is 5.56. The Morgan fingerprint density at radius 2 is 2.10 bits per heavy atom. The van der Waals surface area contributed by atoms with Crippen LogP contribution in [0.3, 0.4) is 0 Å². The van der Waals surface area contributed by atoms with Crippen LogP contribution in [0.5, 0.6) is 0 Å². The average Bonchev–Trinajstić information content (AvgIpc) is 2.90. The van der Waals surface area contributed by atoms with Crippen molar-refractivity contribution in [1.29, 1.82) is 0 Å². The third-order valence-corrected chi connectivity index (χ3v) is 3.49. The Morgan fingerprint density at radius 3 is 2.90 bits per heavy atom. The molecule has 100 valence electrons. The van der Waals surface area contributed by atoms with E-state index in [1.165, 1.54) is 18.2 Å². The predicted molar refractivity (Wildman–Crippen MR) is 77.4 cm³/mol. The van der Waals surface area contributed by atoms with Crippen molar-refractivity contribution in [2.24, 2.45) is 0 Å². The van der Waals surface area contributed by atoms with Gasteiger partial charge < -0.3 is 10.3 Å². The number of aromatic nitrogens is 3. The molecule has 20 heavy (non-hydrogen) atoms. The molecule has 0 radical (unpaired) electrons. The summed E-state index contributed by atoms with van der Waals surface area (Å²) in [6.07, 6.45) is 0. The van der Waals surface area contributed by atoms with Gasteiger partial charge in [0.15, 0.2) is 0 Å². The Balaban J connectivity index is 2.01. The van der Waals surface area contributed by atoms with E-state index in [9.17, 15) is 9.59 Å². The second-order valence-corrected chi connectivity index (χ2v) is 4.87. The molecule has 8 heteroatoms. The fourth-order valence-electron chi connectivity index (χ4n) is 1.71. The van der Waals surface area contributed by atoms with E-state index in [1.807, 2.05) is 0 Å². The Bertz CT molecular complexity index is 858. The summed E-state index contributed by atoms with van der Waals surface area (Å²) in [5.41, 5.74) is 1.35. The highest BCUT2D eigenvalue weighted by atomic mass is 35.5. The standard InChI is InChI=1S/C12H7ClN4O2S/c13-6-4-5-7-11(17-20-16-7)10(6)15-12(19)8-2-1-3-9(18)14-8/h1-5H,(H,14,18)(H,15,19). The molecule has 0 atom stereocenters. The maximum Gasteiger partial charge on any atom is 0.272 e. The van der Waals surface area contributed by atoms with Crippen LogP contribution >= 0.6 is 23.3 Å². The van der Waals surface area contributed by atoms with E-state index < -0.39 is 5.91 Å². The van der Waals surface area contributed by atoms with Gasteiger partial charge in [-0.2, -0.15) is 8.75 Å². The summed E-state index contributed by atoms with van der Waals surface area (Å²) < 4.78 is 8.18. The lowest BCUT2D eigenvalue weighted by atomic mass is 10.2. The second kappa shape index (κ2) is 5.03. The number of carbonyl (C=O) groups is 1. The van der Waals surface area contributed by atoms with Crippen LogP contribution in [0.2, 0.25) is 5.02 Å². The van der Waals surface area contributed by atoms with E-state index in [2.05, 4.69) is 19.0 Å². The first-order valence-corrected chi connectivity index (χ1v) is 6.67. The van der Waals surface area contributed by atoms with Gasteiger partial charge in [-0.3, -0.25) is 9.59 Å². The molecule has 2 heterocycles. The van der Waals surface area contributed by atoms with Gasteiger partial charge in [0.2, 0.25) is 5.56 Å². The first-order chi connectivity index (χ1) is 9.65. The fourth-order valence-corrected chi connectivity index (χ4v) is 2.45. The summed E-state index contributed by atoms with van der Waals surface area (Å²) >= 11 is 7.11. The number of anilines is 1. The number of rotatable bonds is 2. The van der Waals surface area contributed by atoms with E-state index in [0.717, 1.165) is 11.7 Å². The third-order valence-electron chi connectivity index (χ3n) is 2.63.